The number of benzene rings is 2. The molecule has 4 aliphatic rings. The number of hydrogen-bond acceptors (Lipinski definition) is 13. The van der Waals surface area contributed by atoms with E-state index in [4.69, 9.17) is 37.3 Å². The molecule has 2 aromatic rings. The summed E-state index contributed by atoms with van der Waals surface area (Å²) >= 11 is 0. The summed E-state index contributed by atoms with van der Waals surface area (Å²) in [5.74, 6) is -3.33. The number of phenols is 1. The molecular weight excluding hydrogens is 532 g/mol. The van der Waals surface area contributed by atoms with Crippen LogP contribution in [0.3, 0.4) is 0 Å². The maximum atomic E-state index is 13.3. The predicted octanol–water partition coefficient (Wildman–Crippen LogP) is -0.0696. The highest BCUT2D eigenvalue weighted by atomic mass is 16.7. The van der Waals surface area contributed by atoms with Gasteiger partial charge in [0.15, 0.2) is 29.3 Å². The molecule has 2 aromatic carbocycles. The summed E-state index contributed by atoms with van der Waals surface area (Å²) in [5, 5.41) is 51.6. The smallest absolute Gasteiger partial charge is 0.310 e. The SMILES string of the molecule is [2H]C([2H])([2H])Oc1cc([C@@H]2c3cc4c(cc3[C@@H](O[C@@H]3O[C@H](CO)[C@@H](O)[C@H](O)[C@H]3O)[C@H]3COC(=O)[C@H]23)OCO4)cc(OC)c1O. The van der Waals surface area contributed by atoms with Crippen LogP contribution in [0.4, 0.5) is 0 Å². The minimum absolute atomic E-state index is 0.0698. The van der Waals surface area contributed by atoms with Gasteiger partial charge in [-0.05, 0) is 41.0 Å². The summed E-state index contributed by atoms with van der Waals surface area (Å²) in [6.45, 7) is -0.840. The quantitative estimate of drug-likeness (QED) is 0.294. The molecule has 5 N–H and O–H groups in total. The standard InChI is InChI=1S/C27H30O13/c1-34-16-3-10(4-17(35-2)21(16)29)19-11-5-14-15(38-9-37-14)6-12(11)25(13-8-36-26(33)20(13)19)40-27-24(32)23(31)22(30)18(7-28)39-27/h3-6,13,18-20,22-25,27-32H,7-9H2,1-2H3/t13-,18+,19+,20-,22+,23-,24+,25+,27-/m0/s1/i1D3. The molecule has 2 fully saturated rings. The fourth-order valence-electron chi connectivity index (χ4n) is 6.03. The molecule has 0 radical (unpaired) electrons. The van der Waals surface area contributed by atoms with E-state index < -0.39 is 79.9 Å². The van der Waals surface area contributed by atoms with Crippen molar-refractivity contribution in [3.8, 4) is 28.7 Å². The second kappa shape index (κ2) is 10.3. The summed E-state index contributed by atoms with van der Waals surface area (Å²) in [7, 11) is -1.63. The molecule has 0 saturated carbocycles. The van der Waals surface area contributed by atoms with Crippen LogP contribution in [0.15, 0.2) is 24.3 Å². The number of methoxy groups -OCH3 is 2. The third-order valence-electron chi connectivity index (χ3n) is 8.00. The summed E-state index contributed by atoms with van der Waals surface area (Å²) in [6, 6.07) is 6.07. The van der Waals surface area contributed by atoms with Crippen LogP contribution in [0.2, 0.25) is 0 Å². The Morgan fingerprint density at radius 1 is 0.975 bits per heavy atom. The van der Waals surface area contributed by atoms with Crippen LogP contribution in [-0.2, 0) is 19.0 Å². The first-order valence-corrected chi connectivity index (χ1v) is 12.6. The number of fused-ring (bicyclic) bond motifs is 3. The second-order valence-corrected chi connectivity index (χ2v) is 10.1. The summed E-state index contributed by atoms with van der Waals surface area (Å²) in [5.41, 5.74) is 1.33. The van der Waals surface area contributed by atoms with E-state index in [1.165, 1.54) is 19.2 Å². The average Bonchev–Trinajstić information content (AvgIpc) is 3.58. The normalized spacial score (nSPS) is 35.6. The lowest BCUT2D eigenvalue weighted by atomic mass is 9.66. The Kier molecular flexibility index (Phi) is 5.99. The first-order valence-electron chi connectivity index (χ1n) is 14.1. The number of aliphatic hydroxyl groups excluding tert-OH is 4. The number of ether oxygens (including phenoxy) is 7. The van der Waals surface area contributed by atoms with E-state index >= 15 is 0 Å². The van der Waals surface area contributed by atoms with Crippen molar-refractivity contribution in [3.63, 3.8) is 0 Å². The third-order valence-corrected chi connectivity index (χ3v) is 8.00. The van der Waals surface area contributed by atoms with Crippen LogP contribution < -0.4 is 18.9 Å². The van der Waals surface area contributed by atoms with Crippen LogP contribution in [-0.4, -0.2) is 96.4 Å². The number of carbonyl (C=O) groups is 1. The number of aliphatic hydroxyl groups is 4. The molecule has 0 amide bonds. The van der Waals surface area contributed by atoms with Crippen molar-refractivity contribution in [2.75, 3.05) is 34.2 Å². The van der Waals surface area contributed by atoms with Gasteiger partial charge in [-0.15, -0.1) is 0 Å². The minimum Gasteiger partial charge on any atom is -0.502 e. The largest absolute Gasteiger partial charge is 0.502 e. The maximum Gasteiger partial charge on any atom is 0.310 e. The monoisotopic (exact) mass is 565 g/mol. The van der Waals surface area contributed by atoms with Gasteiger partial charge >= 0.3 is 5.97 Å². The first-order chi connectivity index (χ1) is 20.4. The summed E-state index contributed by atoms with van der Waals surface area (Å²) in [4.78, 5) is 13.3. The zero-order valence-corrected chi connectivity index (χ0v) is 21.1. The molecule has 1 aliphatic carbocycles. The molecule has 0 aromatic heterocycles. The fraction of sp³-hybridized carbons (Fsp3) is 0.519. The molecule has 0 unspecified atom stereocenters. The van der Waals surface area contributed by atoms with Crippen molar-refractivity contribution in [1.82, 2.24) is 0 Å². The number of rotatable bonds is 6. The van der Waals surface area contributed by atoms with Gasteiger partial charge in [0.25, 0.3) is 0 Å². The lowest BCUT2D eigenvalue weighted by molar-refractivity contribution is -0.317. The lowest BCUT2D eigenvalue weighted by Gasteiger charge is -2.44. The van der Waals surface area contributed by atoms with E-state index in [9.17, 15) is 30.3 Å². The Morgan fingerprint density at radius 3 is 2.35 bits per heavy atom. The van der Waals surface area contributed by atoms with Gasteiger partial charge in [0.2, 0.25) is 12.5 Å². The van der Waals surface area contributed by atoms with E-state index in [1.807, 2.05) is 0 Å². The van der Waals surface area contributed by atoms with Crippen molar-refractivity contribution in [3.05, 3.63) is 41.0 Å². The van der Waals surface area contributed by atoms with Gasteiger partial charge in [-0.2, -0.15) is 0 Å². The van der Waals surface area contributed by atoms with Crippen molar-refractivity contribution in [2.24, 2.45) is 11.8 Å². The fourth-order valence-corrected chi connectivity index (χ4v) is 6.03. The van der Waals surface area contributed by atoms with Crippen LogP contribution in [0, 0.1) is 11.8 Å². The summed E-state index contributed by atoms with van der Waals surface area (Å²) in [6.07, 6.45) is -8.73. The lowest BCUT2D eigenvalue weighted by Crippen LogP contribution is -2.59. The van der Waals surface area contributed by atoms with Gasteiger partial charge in [-0.3, -0.25) is 4.79 Å². The Bertz CT molecular complexity index is 1400. The van der Waals surface area contributed by atoms with E-state index in [0.717, 1.165) is 0 Å². The number of phenolic OH excluding ortho intramolecular Hbond substituents is 1. The molecule has 13 nitrogen and oxygen atoms in total. The average molecular weight is 566 g/mol. The van der Waals surface area contributed by atoms with Crippen molar-refractivity contribution >= 4 is 5.97 Å². The first kappa shape index (κ1) is 23.4. The van der Waals surface area contributed by atoms with E-state index in [1.54, 1.807) is 12.1 Å². The minimum atomic E-state index is -2.91. The molecule has 6 rings (SSSR count). The second-order valence-electron chi connectivity index (χ2n) is 10.1. The zero-order chi connectivity index (χ0) is 30.8. The number of cyclic esters (lactones) is 1. The van der Waals surface area contributed by atoms with Crippen molar-refractivity contribution in [1.29, 1.82) is 0 Å². The predicted molar refractivity (Wildman–Crippen MR) is 131 cm³/mol. The molecule has 40 heavy (non-hydrogen) atoms. The van der Waals surface area contributed by atoms with Crippen LogP contribution >= 0.6 is 0 Å². The Balaban J connectivity index is 1.49. The zero-order valence-electron chi connectivity index (χ0n) is 24.1. The van der Waals surface area contributed by atoms with Gasteiger partial charge in [0.05, 0.1) is 43.5 Å². The molecule has 3 aliphatic heterocycles. The maximum absolute atomic E-state index is 13.3. The highest BCUT2D eigenvalue weighted by Crippen LogP contribution is 2.57. The van der Waals surface area contributed by atoms with Gasteiger partial charge in [-0.25, -0.2) is 0 Å². The topological polar surface area (TPSA) is 183 Å². The highest BCUT2D eigenvalue weighted by Gasteiger charge is 2.55. The molecule has 0 bridgehead atoms. The number of esters is 1. The van der Waals surface area contributed by atoms with Crippen LogP contribution in [0.5, 0.6) is 28.7 Å². The molecule has 2 saturated heterocycles. The van der Waals surface area contributed by atoms with E-state index in [0.29, 0.717) is 28.2 Å². The molecule has 3 heterocycles. The van der Waals surface area contributed by atoms with Crippen LogP contribution in [0.25, 0.3) is 0 Å². The summed E-state index contributed by atoms with van der Waals surface area (Å²) < 4.78 is 61.5. The van der Waals surface area contributed by atoms with Crippen LogP contribution in [0.1, 0.15) is 32.8 Å². The van der Waals surface area contributed by atoms with Crippen molar-refractivity contribution in [2.45, 2.75) is 42.7 Å². The molecular formula is C27H30O13. The third kappa shape index (κ3) is 4.12. The molecule has 9 atom stereocenters. The van der Waals surface area contributed by atoms with Gasteiger partial charge in [0.1, 0.15) is 24.4 Å². The van der Waals surface area contributed by atoms with Gasteiger partial charge in [-0.1, -0.05) is 0 Å². The number of carbonyl (C=O) groups excluding carboxylic acids is 1. The van der Waals surface area contributed by atoms with Gasteiger partial charge < -0.3 is 58.7 Å². The highest BCUT2D eigenvalue weighted by molar-refractivity contribution is 5.79. The van der Waals surface area contributed by atoms with E-state index in [2.05, 4.69) is 0 Å². The Morgan fingerprint density at radius 2 is 1.68 bits per heavy atom. The molecule has 13 heteroatoms. The molecule has 0 spiro atoms. The Labute approximate surface area is 232 Å². The number of aromatic hydroxyl groups is 1. The molecule has 216 valence electrons. The number of hydrogen-bond donors (Lipinski definition) is 5. The van der Waals surface area contributed by atoms with Crippen molar-refractivity contribution < 1.29 is 67.6 Å². The van der Waals surface area contributed by atoms with Gasteiger partial charge in [0, 0.05) is 11.8 Å². The Hall–Kier alpha value is -3.33. The van der Waals surface area contributed by atoms with E-state index in [-0.39, 0.29) is 24.9 Å².